The Bertz CT molecular complexity index is 406. The first-order valence-corrected chi connectivity index (χ1v) is 8.56. The normalized spacial score (nSPS) is 25.0. The smallest absolute Gasteiger partial charge is 0.410 e. The van der Waals surface area contributed by atoms with Crippen molar-refractivity contribution in [3.63, 3.8) is 0 Å². The van der Waals surface area contributed by atoms with Crippen molar-refractivity contribution in [1.29, 1.82) is 0 Å². The van der Waals surface area contributed by atoms with Gasteiger partial charge in [-0.2, -0.15) is 0 Å². The number of rotatable bonds is 1. The fourth-order valence-electron chi connectivity index (χ4n) is 2.23. The molecule has 9 heteroatoms. The van der Waals surface area contributed by atoms with Gasteiger partial charge in [-0.15, -0.1) is 0 Å². The van der Waals surface area contributed by atoms with Crippen LogP contribution in [0.1, 0.15) is 40.0 Å². The molecule has 3 N–H and O–H groups in total. The Kier molecular flexibility index (Phi) is 9.12. The molecule has 2 atom stereocenters. The van der Waals surface area contributed by atoms with Gasteiger partial charge in [0.15, 0.2) is 6.10 Å². The number of carboxylic acid groups (broad SMARTS) is 1. The van der Waals surface area contributed by atoms with Gasteiger partial charge < -0.3 is 29.4 Å². The van der Waals surface area contributed by atoms with Crippen molar-refractivity contribution >= 4 is 12.1 Å². The zero-order valence-corrected chi connectivity index (χ0v) is 15.2. The summed E-state index contributed by atoms with van der Waals surface area (Å²) in [5, 5.41) is 18.5. The van der Waals surface area contributed by atoms with Crippen LogP contribution in [-0.4, -0.2) is 77.8 Å². The molecule has 2 aliphatic rings. The van der Waals surface area contributed by atoms with E-state index in [0.717, 1.165) is 13.2 Å². The van der Waals surface area contributed by atoms with E-state index in [4.69, 9.17) is 19.4 Å². The fourth-order valence-corrected chi connectivity index (χ4v) is 2.23. The molecule has 0 aromatic heterocycles. The lowest BCUT2D eigenvalue weighted by Crippen LogP contribution is -2.44. The molecule has 2 rings (SSSR count). The lowest BCUT2D eigenvalue weighted by Gasteiger charge is -2.27. The number of aliphatic hydroxyl groups excluding tert-OH is 1. The van der Waals surface area contributed by atoms with Crippen LogP contribution < -0.4 is 5.48 Å². The summed E-state index contributed by atoms with van der Waals surface area (Å²) in [7, 11) is 0. The third kappa shape index (κ3) is 9.01. The molecule has 2 unspecified atom stereocenters. The molecule has 0 aromatic rings. The summed E-state index contributed by atoms with van der Waals surface area (Å²) >= 11 is 0. The lowest BCUT2D eigenvalue weighted by atomic mass is 10.2. The zero-order chi connectivity index (χ0) is 18.9. The molecule has 0 bridgehead atoms. The number of β-amino-alcohol motifs (C(OH)–C–C–N with tert-alkyl or cyclic N) is 1. The second-order valence-electron chi connectivity index (χ2n) is 6.93. The highest BCUT2D eigenvalue weighted by atomic mass is 16.6. The van der Waals surface area contributed by atoms with Crippen molar-refractivity contribution in [3.05, 3.63) is 0 Å². The highest BCUT2D eigenvalue weighted by molar-refractivity contribution is 5.73. The van der Waals surface area contributed by atoms with Crippen LogP contribution in [-0.2, 0) is 19.1 Å². The Morgan fingerprint density at radius 2 is 1.92 bits per heavy atom. The van der Waals surface area contributed by atoms with Gasteiger partial charge in [-0.25, -0.2) is 15.1 Å². The first-order valence-electron chi connectivity index (χ1n) is 8.56. The maximum atomic E-state index is 11.8. The predicted octanol–water partition coefficient (Wildman–Crippen LogP) is 0.759. The van der Waals surface area contributed by atoms with E-state index >= 15 is 0 Å². The van der Waals surface area contributed by atoms with Crippen LogP contribution in [0.2, 0.25) is 0 Å². The number of aliphatic carboxylic acids is 1. The monoisotopic (exact) mass is 362 g/mol. The maximum Gasteiger partial charge on any atom is 0.410 e. The van der Waals surface area contributed by atoms with Gasteiger partial charge in [0.1, 0.15) is 11.7 Å². The second kappa shape index (κ2) is 10.5. The first-order chi connectivity index (χ1) is 11.7. The van der Waals surface area contributed by atoms with Crippen LogP contribution in [0.25, 0.3) is 0 Å². The number of carbonyl (C=O) groups is 2. The highest BCUT2D eigenvalue weighted by Gasteiger charge is 2.34. The first kappa shape index (κ1) is 21.6. The van der Waals surface area contributed by atoms with Gasteiger partial charge in [0.2, 0.25) is 0 Å². The van der Waals surface area contributed by atoms with Crippen molar-refractivity contribution in [2.45, 2.75) is 57.8 Å². The van der Waals surface area contributed by atoms with E-state index in [1.807, 2.05) is 0 Å². The predicted molar refractivity (Wildman–Crippen MR) is 89.0 cm³/mol. The molecule has 2 aliphatic heterocycles. The molecule has 2 heterocycles. The number of hydroxylamine groups is 1. The number of amides is 1. The Labute approximate surface area is 148 Å². The number of aliphatic hydroxyl groups is 1. The molecule has 25 heavy (non-hydrogen) atoms. The number of ether oxygens (including phenoxy) is 2. The summed E-state index contributed by atoms with van der Waals surface area (Å²) in [5.41, 5.74) is 2.21. The molecular formula is C16H30N2O7. The minimum atomic E-state index is -1.31. The fraction of sp³-hybridized carbons (Fsp3) is 0.875. The SMILES string of the molecule is C1CCNOCC1.CC(C)(C)OC(=O)N1CCOC(C(=O)O)C(O)C1. The quantitative estimate of drug-likeness (QED) is 0.626. The number of hydrogen-bond donors (Lipinski definition) is 3. The molecule has 0 spiro atoms. The average molecular weight is 362 g/mol. The number of nitrogens with one attached hydrogen (secondary N) is 1. The van der Waals surface area contributed by atoms with Crippen molar-refractivity contribution in [2.24, 2.45) is 0 Å². The Balaban J connectivity index is 0.000000370. The van der Waals surface area contributed by atoms with Gasteiger partial charge in [-0.1, -0.05) is 0 Å². The Morgan fingerprint density at radius 1 is 1.20 bits per heavy atom. The van der Waals surface area contributed by atoms with E-state index in [9.17, 15) is 14.7 Å². The van der Waals surface area contributed by atoms with Crippen molar-refractivity contribution in [2.75, 3.05) is 32.8 Å². The molecule has 0 radical (unpaired) electrons. The van der Waals surface area contributed by atoms with E-state index in [-0.39, 0.29) is 19.7 Å². The number of carboxylic acids is 1. The third-order valence-corrected chi connectivity index (χ3v) is 3.44. The van der Waals surface area contributed by atoms with Crippen LogP contribution in [0, 0.1) is 0 Å². The summed E-state index contributed by atoms with van der Waals surface area (Å²) < 4.78 is 10.1. The van der Waals surface area contributed by atoms with E-state index in [1.165, 1.54) is 24.2 Å². The van der Waals surface area contributed by atoms with E-state index in [0.29, 0.717) is 0 Å². The largest absolute Gasteiger partial charge is 0.479 e. The highest BCUT2D eigenvalue weighted by Crippen LogP contribution is 2.13. The topological polar surface area (TPSA) is 118 Å². The number of hydrogen-bond acceptors (Lipinski definition) is 7. The number of nitrogens with zero attached hydrogens (tertiary/aromatic N) is 1. The van der Waals surface area contributed by atoms with Gasteiger partial charge >= 0.3 is 12.1 Å². The molecular weight excluding hydrogens is 332 g/mol. The summed E-state index contributed by atoms with van der Waals surface area (Å²) in [6, 6.07) is 0. The van der Waals surface area contributed by atoms with Crippen LogP contribution in [0.15, 0.2) is 0 Å². The molecule has 2 fully saturated rings. The van der Waals surface area contributed by atoms with Gasteiger partial charge in [-0.05, 0) is 40.0 Å². The van der Waals surface area contributed by atoms with Crippen molar-refractivity contribution in [1.82, 2.24) is 10.4 Å². The van der Waals surface area contributed by atoms with Crippen LogP contribution >= 0.6 is 0 Å². The van der Waals surface area contributed by atoms with E-state index in [2.05, 4.69) is 5.48 Å². The molecule has 1 amide bonds. The number of carbonyl (C=O) groups excluding carboxylic acids is 1. The molecule has 9 nitrogen and oxygen atoms in total. The maximum absolute atomic E-state index is 11.8. The van der Waals surface area contributed by atoms with E-state index in [1.54, 1.807) is 20.8 Å². The Morgan fingerprint density at radius 3 is 2.56 bits per heavy atom. The Hall–Kier alpha value is -1.42. The van der Waals surface area contributed by atoms with Gasteiger partial charge in [0, 0.05) is 13.1 Å². The summed E-state index contributed by atoms with van der Waals surface area (Å²) in [6.45, 7) is 7.23. The van der Waals surface area contributed by atoms with Crippen LogP contribution in [0.5, 0.6) is 0 Å². The summed E-state index contributed by atoms with van der Waals surface area (Å²) in [5.74, 6) is -1.24. The van der Waals surface area contributed by atoms with Gasteiger partial charge in [0.05, 0.1) is 19.8 Å². The molecule has 0 aromatic carbocycles. The standard InChI is InChI=1S/C11H19NO6.C5H11NO/c1-11(2,3)18-10(16)12-4-5-17-8(9(14)15)7(13)6-12;1-2-4-6-7-5-3-1/h7-8,13H,4-6H2,1-3H3,(H,14,15);6H,1-5H2. The van der Waals surface area contributed by atoms with Crippen molar-refractivity contribution < 1.29 is 34.1 Å². The molecule has 0 aliphatic carbocycles. The molecule has 146 valence electrons. The van der Waals surface area contributed by atoms with Gasteiger partial charge in [0.25, 0.3) is 0 Å². The minimum absolute atomic E-state index is 0.0489. The lowest BCUT2D eigenvalue weighted by molar-refractivity contribution is -0.156. The summed E-state index contributed by atoms with van der Waals surface area (Å²) in [6.07, 6.45) is 0.631. The molecule has 0 saturated carbocycles. The second-order valence-corrected chi connectivity index (χ2v) is 6.93. The summed E-state index contributed by atoms with van der Waals surface area (Å²) in [4.78, 5) is 28.8. The third-order valence-electron chi connectivity index (χ3n) is 3.44. The van der Waals surface area contributed by atoms with Crippen LogP contribution in [0.3, 0.4) is 0 Å². The van der Waals surface area contributed by atoms with Crippen LogP contribution in [0.4, 0.5) is 4.79 Å². The van der Waals surface area contributed by atoms with Crippen molar-refractivity contribution in [3.8, 4) is 0 Å². The average Bonchev–Trinajstić information content (AvgIpc) is 2.89. The molecule has 2 saturated heterocycles. The minimum Gasteiger partial charge on any atom is -0.479 e. The zero-order valence-electron chi connectivity index (χ0n) is 15.2. The van der Waals surface area contributed by atoms with Gasteiger partial charge in [-0.3, -0.25) is 0 Å². The van der Waals surface area contributed by atoms with E-state index < -0.39 is 29.9 Å².